The van der Waals surface area contributed by atoms with Gasteiger partial charge in [-0.2, -0.15) is 0 Å². The number of ether oxygens (including phenoxy) is 1. The Hall–Kier alpha value is -2.87. The SMILES string of the molecule is CCCC(=O)c1c(O)cc(OC)c(C[C@H]2C(O)=C(C)C(=O)[C@H](C(=O)CCC)[C@@H]2O)c1O. The van der Waals surface area contributed by atoms with Crippen LogP contribution in [0.4, 0.5) is 0 Å². The summed E-state index contributed by atoms with van der Waals surface area (Å²) in [5.74, 6) is -5.19. The molecule has 0 saturated heterocycles. The predicted octanol–water partition coefficient (Wildman–Crippen LogP) is 3.01. The minimum absolute atomic E-state index is 0.0238. The van der Waals surface area contributed by atoms with Crippen molar-refractivity contribution in [1.82, 2.24) is 0 Å². The zero-order valence-electron chi connectivity index (χ0n) is 18.3. The van der Waals surface area contributed by atoms with Crippen molar-refractivity contribution in [3.8, 4) is 17.2 Å². The van der Waals surface area contributed by atoms with Gasteiger partial charge in [0.2, 0.25) is 0 Å². The Morgan fingerprint density at radius 2 is 1.71 bits per heavy atom. The third-order valence-electron chi connectivity index (χ3n) is 5.73. The molecule has 0 spiro atoms. The molecule has 1 aromatic rings. The third-order valence-corrected chi connectivity index (χ3v) is 5.73. The van der Waals surface area contributed by atoms with Gasteiger partial charge in [0, 0.05) is 36.0 Å². The van der Waals surface area contributed by atoms with E-state index in [1.165, 1.54) is 20.1 Å². The number of phenolic OH excluding ortho intramolecular Hbond substituents is 2. The van der Waals surface area contributed by atoms with Gasteiger partial charge in [-0.25, -0.2) is 0 Å². The maximum atomic E-state index is 12.6. The molecule has 0 amide bonds. The van der Waals surface area contributed by atoms with Crippen LogP contribution >= 0.6 is 0 Å². The standard InChI is InChI=1S/C23H30O8/c1-5-7-14(24)18-16(26)10-17(31-4)12(22(18)29)9-13-20(27)11(3)21(28)19(23(13)30)15(25)8-6-2/h10,13,19,23,26-27,29-30H,5-9H2,1-4H3/t13-,19-,23+/m0/s1. The van der Waals surface area contributed by atoms with Crippen molar-refractivity contribution in [2.75, 3.05) is 7.11 Å². The zero-order chi connectivity index (χ0) is 23.5. The maximum absolute atomic E-state index is 12.6. The van der Waals surface area contributed by atoms with Gasteiger partial charge < -0.3 is 25.2 Å². The fourth-order valence-corrected chi connectivity index (χ4v) is 4.04. The molecule has 8 heteroatoms. The van der Waals surface area contributed by atoms with E-state index in [2.05, 4.69) is 0 Å². The van der Waals surface area contributed by atoms with Crippen LogP contribution < -0.4 is 4.74 Å². The molecule has 0 heterocycles. The summed E-state index contributed by atoms with van der Waals surface area (Å²) < 4.78 is 5.23. The summed E-state index contributed by atoms with van der Waals surface area (Å²) in [6, 6.07) is 1.19. The normalized spacial score (nSPS) is 21.3. The highest BCUT2D eigenvalue weighted by atomic mass is 16.5. The van der Waals surface area contributed by atoms with E-state index in [-0.39, 0.29) is 47.5 Å². The number of allylic oxidation sites excluding steroid dienone is 1. The molecule has 8 nitrogen and oxygen atoms in total. The van der Waals surface area contributed by atoms with E-state index in [4.69, 9.17) is 4.74 Å². The van der Waals surface area contributed by atoms with Crippen molar-refractivity contribution in [1.29, 1.82) is 0 Å². The monoisotopic (exact) mass is 434 g/mol. The van der Waals surface area contributed by atoms with Crippen molar-refractivity contribution >= 4 is 17.3 Å². The Morgan fingerprint density at radius 1 is 1.10 bits per heavy atom. The topological polar surface area (TPSA) is 141 Å². The number of methoxy groups -OCH3 is 1. The highest BCUT2D eigenvalue weighted by molar-refractivity contribution is 6.11. The molecule has 0 unspecified atom stereocenters. The van der Waals surface area contributed by atoms with Crippen LogP contribution in [0.2, 0.25) is 0 Å². The Labute approximate surface area is 181 Å². The summed E-state index contributed by atoms with van der Waals surface area (Å²) in [6.45, 7) is 4.95. The van der Waals surface area contributed by atoms with Crippen LogP contribution in [0.3, 0.4) is 0 Å². The second-order valence-corrected chi connectivity index (χ2v) is 7.84. The Bertz CT molecular complexity index is 915. The van der Waals surface area contributed by atoms with E-state index in [1.807, 2.05) is 0 Å². The lowest BCUT2D eigenvalue weighted by atomic mass is 9.73. The number of Topliss-reactive ketones (excluding diaryl/α,β-unsaturated/α-hetero) is 3. The smallest absolute Gasteiger partial charge is 0.175 e. The quantitative estimate of drug-likeness (QED) is 0.343. The van der Waals surface area contributed by atoms with E-state index < -0.39 is 46.8 Å². The number of aliphatic hydroxyl groups is 2. The summed E-state index contributed by atoms with van der Waals surface area (Å²) in [5.41, 5.74) is -0.207. The first-order valence-corrected chi connectivity index (χ1v) is 10.4. The molecule has 3 atom stereocenters. The number of hydrogen-bond donors (Lipinski definition) is 4. The number of rotatable bonds is 9. The van der Waals surface area contributed by atoms with Gasteiger partial charge in [-0.05, 0) is 26.2 Å². The number of carbonyl (C=O) groups excluding carboxylic acids is 3. The molecule has 1 aliphatic rings. The van der Waals surface area contributed by atoms with Gasteiger partial charge in [0.1, 0.15) is 40.3 Å². The molecular formula is C23H30O8. The average molecular weight is 434 g/mol. The fourth-order valence-electron chi connectivity index (χ4n) is 4.04. The van der Waals surface area contributed by atoms with Crippen LogP contribution in [-0.4, -0.2) is 51.0 Å². The number of phenols is 2. The van der Waals surface area contributed by atoms with Crippen LogP contribution in [-0.2, 0) is 16.0 Å². The number of benzene rings is 1. The van der Waals surface area contributed by atoms with Crippen LogP contribution in [0.15, 0.2) is 17.4 Å². The Kier molecular flexibility index (Phi) is 7.84. The van der Waals surface area contributed by atoms with Gasteiger partial charge >= 0.3 is 0 Å². The van der Waals surface area contributed by atoms with Gasteiger partial charge in [-0.15, -0.1) is 0 Å². The summed E-state index contributed by atoms with van der Waals surface area (Å²) in [5, 5.41) is 42.4. The summed E-state index contributed by atoms with van der Waals surface area (Å²) in [7, 11) is 1.31. The number of ketones is 3. The number of aliphatic hydroxyl groups excluding tert-OH is 2. The van der Waals surface area contributed by atoms with Crippen LogP contribution in [0, 0.1) is 11.8 Å². The molecule has 31 heavy (non-hydrogen) atoms. The zero-order valence-corrected chi connectivity index (χ0v) is 18.3. The summed E-state index contributed by atoms with van der Waals surface area (Å²) >= 11 is 0. The molecular weight excluding hydrogens is 404 g/mol. The molecule has 1 aliphatic carbocycles. The minimum Gasteiger partial charge on any atom is -0.511 e. The minimum atomic E-state index is -1.51. The van der Waals surface area contributed by atoms with E-state index in [0.717, 1.165) is 0 Å². The number of hydrogen-bond acceptors (Lipinski definition) is 8. The lowest BCUT2D eigenvalue weighted by molar-refractivity contribution is -0.138. The van der Waals surface area contributed by atoms with Gasteiger partial charge in [-0.1, -0.05) is 13.8 Å². The first-order valence-electron chi connectivity index (χ1n) is 10.4. The molecule has 1 aromatic carbocycles. The van der Waals surface area contributed by atoms with Crippen molar-refractivity contribution in [2.45, 2.75) is 59.0 Å². The van der Waals surface area contributed by atoms with Crippen molar-refractivity contribution in [3.63, 3.8) is 0 Å². The van der Waals surface area contributed by atoms with Gasteiger partial charge in [0.25, 0.3) is 0 Å². The largest absolute Gasteiger partial charge is 0.511 e. The van der Waals surface area contributed by atoms with Gasteiger partial charge in [-0.3, -0.25) is 14.4 Å². The molecule has 4 N–H and O–H groups in total. The highest BCUT2D eigenvalue weighted by Gasteiger charge is 2.45. The molecule has 0 aliphatic heterocycles. The van der Waals surface area contributed by atoms with Crippen molar-refractivity contribution in [2.24, 2.45) is 11.8 Å². The summed E-state index contributed by atoms with van der Waals surface area (Å²) in [6.07, 6.45) is -0.502. The Balaban J connectivity index is 2.57. The molecule has 170 valence electrons. The molecule has 0 saturated carbocycles. The molecule has 2 rings (SSSR count). The Morgan fingerprint density at radius 3 is 2.26 bits per heavy atom. The number of carbonyl (C=O) groups is 3. The van der Waals surface area contributed by atoms with Gasteiger partial charge in [0.05, 0.1) is 13.2 Å². The molecule has 0 aromatic heterocycles. The third kappa shape index (κ3) is 4.58. The van der Waals surface area contributed by atoms with E-state index in [0.29, 0.717) is 12.8 Å². The highest BCUT2D eigenvalue weighted by Crippen LogP contribution is 2.43. The van der Waals surface area contributed by atoms with E-state index in [9.17, 15) is 34.8 Å². The van der Waals surface area contributed by atoms with Crippen LogP contribution in [0.1, 0.15) is 62.4 Å². The fraction of sp³-hybridized carbons (Fsp3) is 0.522. The first-order chi connectivity index (χ1) is 14.6. The van der Waals surface area contributed by atoms with Crippen LogP contribution in [0.5, 0.6) is 17.2 Å². The van der Waals surface area contributed by atoms with E-state index in [1.54, 1.807) is 13.8 Å². The first kappa shape index (κ1) is 24.4. The molecule has 0 bridgehead atoms. The second-order valence-electron chi connectivity index (χ2n) is 7.84. The molecule has 0 radical (unpaired) electrons. The second kappa shape index (κ2) is 9.96. The lowest BCUT2D eigenvalue weighted by Crippen LogP contribution is -2.45. The van der Waals surface area contributed by atoms with E-state index >= 15 is 0 Å². The van der Waals surface area contributed by atoms with Gasteiger partial charge in [0.15, 0.2) is 11.6 Å². The van der Waals surface area contributed by atoms with Crippen molar-refractivity contribution in [3.05, 3.63) is 28.5 Å². The number of aromatic hydroxyl groups is 2. The van der Waals surface area contributed by atoms with Crippen LogP contribution in [0.25, 0.3) is 0 Å². The average Bonchev–Trinajstić information content (AvgIpc) is 2.71. The van der Waals surface area contributed by atoms with Crippen molar-refractivity contribution < 1.29 is 39.5 Å². The summed E-state index contributed by atoms with van der Waals surface area (Å²) in [4.78, 5) is 37.5. The molecule has 0 fully saturated rings. The maximum Gasteiger partial charge on any atom is 0.175 e. The lowest BCUT2D eigenvalue weighted by Gasteiger charge is -2.34. The predicted molar refractivity (Wildman–Crippen MR) is 113 cm³/mol.